The van der Waals surface area contributed by atoms with E-state index in [4.69, 9.17) is 13.6 Å². The second kappa shape index (κ2) is 7.65. The summed E-state index contributed by atoms with van der Waals surface area (Å²) in [4.78, 5) is 22.0. The van der Waals surface area contributed by atoms with E-state index in [9.17, 15) is 14.9 Å². The third kappa shape index (κ3) is 4.46. The van der Waals surface area contributed by atoms with Crippen molar-refractivity contribution >= 4 is 17.7 Å². The molecular weight excluding hydrogens is 354 g/mol. The highest BCUT2D eigenvalue weighted by Crippen LogP contribution is 2.25. The smallest absolute Gasteiger partial charge is 0.331 e. The average Bonchev–Trinajstić information content (AvgIpc) is 3.24. The Morgan fingerprint density at radius 1 is 1.26 bits per heavy atom. The van der Waals surface area contributed by atoms with E-state index in [2.05, 4.69) is 10.2 Å². The summed E-state index contributed by atoms with van der Waals surface area (Å²) < 4.78 is 15.9. The molecule has 27 heavy (non-hydrogen) atoms. The van der Waals surface area contributed by atoms with E-state index in [1.807, 2.05) is 6.92 Å². The van der Waals surface area contributed by atoms with Gasteiger partial charge in [-0.25, -0.2) is 4.79 Å². The molecule has 9 nitrogen and oxygen atoms in total. The molecule has 3 rings (SSSR count). The standard InChI is InChI=1S/C18H15N3O6/c1-11-8-15(12(2)26-11)18-20-19-16(27-18)10-25-17(22)7-6-13-4-3-5-14(9-13)21(23)24/h3-9H,10H2,1-2H3/b7-6+. The molecule has 0 radical (unpaired) electrons. The molecule has 0 atom stereocenters. The highest BCUT2D eigenvalue weighted by atomic mass is 16.6. The number of nitro benzene ring substituents is 1. The van der Waals surface area contributed by atoms with Crippen LogP contribution in [0.15, 0.2) is 45.2 Å². The third-order valence-electron chi connectivity index (χ3n) is 3.57. The molecule has 0 saturated heterocycles. The Balaban J connectivity index is 1.59. The van der Waals surface area contributed by atoms with Gasteiger partial charge < -0.3 is 13.6 Å². The van der Waals surface area contributed by atoms with Crippen LogP contribution in [0.2, 0.25) is 0 Å². The zero-order chi connectivity index (χ0) is 19.4. The maximum Gasteiger partial charge on any atom is 0.331 e. The quantitative estimate of drug-likeness (QED) is 0.279. The van der Waals surface area contributed by atoms with Crippen LogP contribution < -0.4 is 0 Å². The third-order valence-corrected chi connectivity index (χ3v) is 3.57. The van der Waals surface area contributed by atoms with Crippen LogP contribution in [-0.2, 0) is 16.1 Å². The molecule has 2 aromatic heterocycles. The number of non-ortho nitro benzene ring substituents is 1. The number of carbonyl (C=O) groups excluding carboxylic acids is 1. The summed E-state index contributed by atoms with van der Waals surface area (Å²) in [6, 6.07) is 7.66. The second-order valence-electron chi connectivity index (χ2n) is 5.62. The number of ether oxygens (including phenoxy) is 1. The molecule has 0 fully saturated rings. The van der Waals surface area contributed by atoms with Crippen LogP contribution in [0, 0.1) is 24.0 Å². The minimum absolute atomic E-state index is 0.0614. The van der Waals surface area contributed by atoms with Crippen molar-refractivity contribution in [3.63, 3.8) is 0 Å². The molecule has 0 aliphatic carbocycles. The molecule has 0 aliphatic rings. The number of furan rings is 1. The predicted octanol–water partition coefficient (Wildman–Crippen LogP) is 3.61. The van der Waals surface area contributed by atoms with Crippen LogP contribution in [-0.4, -0.2) is 21.1 Å². The lowest BCUT2D eigenvalue weighted by Gasteiger charge is -1.97. The number of hydrogen-bond donors (Lipinski definition) is 0. The molecule has 0 N–H and O–H groups in total. The molecule has 9 heteroatoms. The lowest BCUT2D eigenvalue weighted by molar-refractivity contribution is -0.384. The summed E-state index contributed by atoms with van der Waals surface area (Å²) in [5, 5.41) is 18.5. The van der Waals surface area contributed by atoms with E-state index in [1.165, 1.54) is 30.4 Å². The highest BCUT2D eigenvalue weighted by molar-refractivity contribution is 5.87. The fourth-order valence-electron chi connectivity index (χ4n) is 2.35. The number of carbonyl (C=O) groups is 1. The SMILES string of the molecule is Cc1cc(-c2nnc(COC(=O)/C=C/c3cccc([N+](=O)[O-])c3)o2)c(C)o1. The largest absolute Gasteiger partial charge is 0.466 e. The number of aryl methyl sites for hydroxylation is 2. The summed E-state index contributed by atoms with van der Waals surface area (Å²) in [5.41, 5.74) is 1.13. The van der Waals surface area contributed by atoms with Crippen molar-refractivity contribution in [3.05, 3.63) is 69.5 Å². The minimum atomic E-state index is -0.642. The number of nitro groups is 1. The first kappa shape index (κ1) is 18.1. The van der Waals surface area contributed by atoms with Crippen molar-refractivity contribution in [3.8, 4) is 11.5 Å². The average molecular weight is 369 g/mol. The molecule has 0 aliphatic heterocycles. The van der Waals surface area contributed by atoms with Gasteiger partial charge >= 0.3 is 5.97 Å². The fourth-order valence-corrected chi connectivity index (χ4v) is 2.35. The van der Waals surface area contributed by atoms with Gasteiger partial charge in [-0.3, -0.25) is 10.1 Å². The van der Waals surface area contributed by atoms with Gasteiger partial charge in [0.2, 0.25) is 0 Å². The summed E-state index contributed by atoms with van der Waals surface area (Å²) in [6.45, 7) is 3.40. The van der Waals surface area contributed by atoms with Gasteiger partial charge in [0.25, 0.3) is 17.5 Å². The summed E-state index contributed by atoms with van der Waals surface area (Å²) in [6.07, 6.45) is 2.59. The predicted molar refractivity (Wildman–Crippen MR) is 93.4 cm³/mol. The van der Waals surface area contributed by atoms with Crippen LogP contribution in [0.25, 0.3) is 17.5 Å². The Labute approximate surface area is 153 Å². The number of aromatic nitrogens is 2. The van der Waals surface area contributed by atoms with Crippen molar-refractivity contribution in [1.29, 1.82) is 0 Å². The molecule has 0 spiro atoms. The summed E-state index contributed by atoms with van der Waals surface area (Å²) in [5.74, 6) is 1.15. The van der Waals surface area contributed by atoms with Gasteiger partial charge in [-0.2, -0.15) is 0 Å². The number of rotatable bonds is 6. The molecule has 0 bridgehead atoms. The highest BCUT2D eigenvalue weighted by Gasteiger charge is 2.15. The lowest BCUT2D eigenvalue weighted by atomic mass is 10.2. The van der Waals surface area contributed by atoms with Gasteiger partial charge in [-0.05, 0) is 31.6 Å². The topological polar surface area (TPSA) is 122 Å². The van der Waals surface area contributed by atoms with E-state index >= 15 is 0 Å². The molecule has 3 aromatic rings. The maximum absolute atomic E-state index is 11.8. The normalized spacial score (nSPS) is 11.0. The lowest BCUT2D eigenvalue weighted by Crippen LogP contribution is -2.01. The second-order valence-corrected chi connectivity index (χ2v) is 5.62. The van der Waals surface area contributed by atoms with E-state index in [0.29, 0.717) is 16.9 Å². The van der Waals surface area contributed by atoms with Crippen LogP contribution in [0.1, 0.15) is 23.0 Å². The molecule has 2 heterocycles. The van der Waals surface area contributed by atoms with Gasteiger partial charge in [0.15, 0.2) is 6.61 Å². The van der Waals surface area contributed by atoms with Crippen LogP contribution in [0.4, 0.5) is 5.69 Å². The van der Waals surface area contributed by atoms with Crippen LogP contribution in [0.5, 0.6) is 0 Å². The Kier molecular flexibility index (Phi) is 5.11. The Morgan fingerprint density at radius 3 is 2.78 bits per heavy atom. The van der Waals surface area contributed by atoms with Crippen molar-refractivity contribution in [2.45, 2.75) is 20.5 Å². The van der Waals surface area contributed by atoms with Crippen molar-refractivity contribution in [2.24, 2.45) is 0 Å². The first-order valence-electron chi connectivity index (χ1n) is 7.91. The Hall–Kier alpha value is -3.75. The fraction of sp³-hybridized carbons (Fsp3) is 0.167. The maximum atomic E-state index is 11.8. The Bertz CT molecular complexity index is 1020. The first-order valence-corrected chi connectivity index (χ1v) is 7.91. The molecular formula is C18H15N3O6. The van der Waals surface area contributed by atoms with Gasteiger partial charge in [0, 0.05) is 18.2 Å². The van der Waals surface area contributed by atoms with Gasteiger partial charge in [-0.1, -0.05) is 12.1 Å². The van der Waals surface area contributed by atoms with Gasteiger partial charge in [0.1, 0.15) is 11.5 Å². The number of esters is 1. The zero-order valence-electron chi connectivity index (χ0n) is 14.5. The van der Waals surface area contributed by atoms with E-state index in [-0.39, 0.29) is 24.1 Å². The zero-order valence-corrected chi connectivity index (χ0v) is 14.5. The number of nitrogens with zero attached hydrogens (tertiary/aromatic N) is 3. The molecule has 0 saturated carbocycles. The molecule has 138 valence electrons. The Morgan fingerprint density at radius 2 is 2.07 bits per heavy atom. The van der Waals surface area contributed by atoms with Gasteiger partial charge in [-0.15, -0.1) is 10.2 Å². The molecule has 0 unspecified atom stereocenters. The minimum Gasteiger partial charge on any atom is -0.466 e. The van der Waals surface area contributed by atoms with Crippen molar-refractivity contribution < 1.29 is 23.3 Å². The van der Waals surface area contributed by atoms with Crippen molar-refractivity contribution in [2.75, 3.05) is 0 Å². The summed E-state index contributed by atoms with van der Waals surface area (Å²) in [7, 11) is 0. The first-order chi connectivity index (χ1) is 12.9. The van der Waals surface area contributed by atoms with Crippen LogP contribution >= 0.6 is 0 Å². The van der Waals surface area contributed by atoms with Crippen molar-refractivity contribution in [1.82, 2.24) is 10.2 Å². The molecule has 0 amide bonds. The molecule has 1 aromatic carbocycles. The number of hydrogen-bond acceptors (Lipinski definition) is 8. The number of benzene rings is 1. The van der Waals surface area contributed by atoms with Gasteiger partial charge in [0.05, 0.1) is 10.5 Å². The summed E-state index contributed by atoms with van der Waals surface area (Å²) >= 11 is 0. The van der Waals surface area contributed by atoms with Crippen LogP contribution in [0.3, 0.4) is 0 Å². The van der Waals surface area contributed by atoms with E-state index < -0.39 is 10.9 Å². The van der Waals surface area contributed by atoms with E-state index in [1.54, 1.807) is 19.1 Å². The monoisotopic (exact) mass is 369 g/mol. The van der Waals surface area contributed by atoms with E-state index in [0.717, 1.165) is 5.76 Å².